The van der Waals surface area contributed by atoms with Gasteiger partial charge in [0.2, 0.25) is 0 Å². The Morgan fingerprint density at radius 1 is 1.15 bits per heavy atom. The Morgan fingerprint density at radius 3 is 2.41 bits per heavy atom. The number of methoxy groups -OCH3 is 1. The van der Waals surface area contributed by atoms with Crippen LogP contribution >= 0.6 is 11.8 Å². The Bertz CT molecular complexity index is 820. The molecule has 0 radical (unpaired) electrons. The van der Waals surface area contributed by atoms with Gasteiger partial charge in [0.05, 0.1) is 51.8 Å². The van der Waals surface area contributed by atoms with Gasteiger partial charge in [-0.1, -0.05) is 0 Å². The highest BCUT2D eigenvalue weighted by Crippen LogP contribution is 2.36. The zero-order chi connectivity index (χ0) is 25.0. The Balaban J connectivity index is 1.84. The van der Waals surface area contributed by atoms with Crippen LogP contribution in [0.5, 0.6) is 11.5 Å². The first-order valence-corrected chi connectivity index (χ1v) is 11.8. The quantitative estimate of drug-likeness (QED) is 0.177. The van der Waals surface area contributed by atoms with Gasteiger partial charge in [-0.25, -0.2) is 4.79 Å². The van der Waals surface area contributed by atoms with Crippen molar-refractivity contribution < 1.29 is 43.8 Å². The van der Waals surface area contributed by atoms with Gasteiger partial charge in [0.15, 0.2) is 5.54 Å². The molecule has 0 aliphatic carbocycles. The molecule has 0 amide bonds. The van der Waals surface area contributed by atoms with Crippen LogP contribution in [0.4, 0.5) is 0 Å². The van der Waals surface area contributed by atoms with Crippen molar-refractivity contribution in [2.45, 2.75) is 18.0 Å². The first-order chi connectivity index (χ1) is 16.3. The molecule has 1 aliphatic heterocycles. The van der Waals surface area contributed by atoms with Gasteiger partial charge in [-0.3, -0.25) is 4.99 Å². The molecular formula is C22H34N2O9S. The fourth-order valence-corrected chi connectivity index (χ4v) is 3.91. The summed E-state index contributed by atoms with van der Waals surface area (Å²) >= 11 is 1.31. The van der Waals surface area contributed by atoms with Gasteiger partial charge in [0, 0.05) is 24.5 Å². The SMILES string of the molecule is COCCOCCOCCOc1ccc(C2=NC(C)(C(=O)OCC(N)(CO)CO)CS2)c(O)c1. The first-order valence-electron chi connectivity index (χ1n) is 10.8. The summed E-state index contributed by atoms with van der Waals surface area (Å²) in [6.07, 6.45) is 0. The summed E-state index contributed by atoms with van der Waals surface area (Å²) in [5.74, 6) is 0.117. The number of rotatable bonds is 16. The summed E-state index contributed by atoms with van der Waals surface area (Å²) in [4.78, 5) is 17.0. The highest BCUT2D eigenvalue weighted by atomic mass is 32.2. The number of carbonyl (C=O) groups excluding carboxylic acids is 1. The van der Waals surface area contributed by atoms with Crippen LogP contribution in [-0.4, -0.2) is 110 Å². The van der Waals surface area contributed by atoms with E-state index in [4.69, 9.17) is 29.4 Å². The van der Waals surface area contributed by atoms with E-state index in [0.717, 1.165) is 0 Å². The van der Waals surface area contributed by atoms with Gasteiger partial charge in [0.1, 0.15) is 29.8 Å². The summed E-state index contributed by atoms with van der Waals surface area (Å²) in [6, 6.07) is 4.84. The number of esters is 1. The van der Waals surface area contributed by atoms with Gasteiger partial charge < -0.3 is 44.7 Å². The van der Waals surface area contributed by atoms with Crippen molar-refractivity contribution in [3.8, 4) is 11.5 Å². The van der Waals surface area contributed by atoms with E-state index in [0.29, 0.717) is 61.8 Å². The molecule has 1 heterocycles. The highest BCUT2D eigenvalue weighted by Gasteiger charge is 2.41. The van der Waals surface area contributed by atoms with E-state index in [9.17, 15) is 20.1 Å². The molecule has 1 aromatic carbocycles. The molecule has 0 saturated heterocycles. The fraction of sp³-hybridized carbons (Fsp3) is 0.636. The van der Waals surface area contributed by atoms with Gasteiger partial charge in [-0.2, -0.15) is 0 Å². The molecule has 1 aromatic rings. The van der Waals surface area contributed by atoms with E-state index < -0.39 is 30.3 Å². The maximum absolute atomic E-state index is 12.6. The van der Waals surface area contributed by atoms with Crippen molar-refractivity contribution in [1.29, 1.82) is 0 Å². The average Bonchev–Trinajstić information content (AvgIpc) is 3.24. The predicted octanol–water partition coefficient (Wildman–Crippen LogP) is -0.0720. The molecule has 12 heteroatoms. The third-order valence-electron chi connectivity index (χ3n) is 4.90. The molecule has 1 atom stereocenters. The molecule has 0 bridgehead atoms. The zero-order valence-corrected chi connectivity index (χ0v) is 20.3. The van der Waals surface area contributed by atoms with Gasteiger partial charge >= 0.3 is 5.97 Å². The van der Waals surface area contributed by atoms with Crippen molar-refractivity contribution in [3.05, 3.63) is 23.8 Å². The van der Waals surface area contributed by atoms with Crippen LogP contribution in [0.2, 0.25) is 0 Å². The Labute approximate surface area is 203 Å². The van der Waals surface area contributed by atoms with Crippen molar-refractivity contribution in [3.63, 3.8) is 0 Å². The van der Waals surface area contributed by atoms with Crippen molar-refractivity contribution in [2.75, 3.05) is 72.3 Å². The summed E-state index contributed by atoms with van der Waals surface area (Å²) < 4.78 is 26.4. The topological polar surface area (TPSA) is 162 Å². The number of ether oxygens (including phenoxy) is 5. The van der Waals surface area contributed by atoms with E-state index in [-0.39, 0.29) is 12.4 Å². The molecule has 1 aliphatic rings. The largest absolute Gasteiger partial charge is 0.507 e. The fourth-order valence-electron chi connectivity index (χ4n) is 2.71. The van der Waals surface area contributed by atoms with E-state index in [1.54, 1.807) is 26.2 Å². The minimum Gasteiger partial charge on any atom is -0.507 e. The average molecular weight is 503 g/mol. The number of aliphatic hydroxyl groups is 2. The molecule has 1 unspecified atom stereocenters. The van der Waals surface area contributed by atoms with Crippen molar-refractivity contribution >= 4 is 22.8 Å². The Kier molecular flexibility index (Phi) is 11.5. The number of aliphatic imine (C=N–C) groups is 1. The maximum Gasteiger partial charge on any atom is 0.334 e. The summed E-state index contributed by atoms with van der Waals surface area (Å²) in [5, 5.41) is 29.4. The smallest absolute Gasteiger partial charge is 0.334 e. The number of phenolic OH excluding ortho intramolecular Hbond substituents is 1. The molecule has 0 spiro atoms. The van der Waals surface area contributed by atoms with Gasteiger partial charge in [0.25, 0.3) is 0 Å². The van der Waals surface area contributed by atoms with Crippen LogP contribution in [0.25, 0.3) is 0 Å². The highest BCUT2D eigenvalue weighted by molar-refractivity contribution is 8.14. The minimum absolute atomic E-state index is 0.0321. The molecule has 11 nitrogen and oxygen atoms in total. The lowest BCUT2D eigenvalue weighted by atomic mass is 10.0. The van der Waals surface area contributed by atoms with Gasteiger partial charge in [-0.05, 0) is 19.1 Å². The number of benzene rings is 1. The molecule has 0 aromatic heterocycles. The zero-order valence-electron chi connectivity index (χ0n) is 19.5. The van der Waals surface area contributed by atoms with E-state index in [2.05, 4.69) is 4.99 Å². The lowest BCUT2D eigenvalue weighted by Crippen LogP contribution is -2.53. The number of hydrogen-bond acceptors (Lipinski definition) is 12. The molecule has 0 fully saturated rings. The summed E-state index contributed by atoms with van der Waals surface area (Å²) in [7, 11) is 1.61. The normalized spacial score (nSPS) is 18.1. The van der Waals surface area contributed by atoms with Crippen molar-refractivity contribution in [2.24, 2.45) is 10.7 Å². The molecular weight excluding hydrogens is 468 g/mol. The summed E-state index contributed by atoms with van der Waals surface area (Å²) in [5.41, 5.74) is 3.61. The van der Waals surface area contributed by atoms with E-state index in [1.807, 2.05) is 0 Å². The minimum atomic E-state index is -1.42. The predicted molar refractivity (Wildman–Crippen MR) is 127 cm³/mol. The maximum atomic E-state index is 12.6. The van der Waals surface area contributed by atoms with Crippen LogP contribution in [-0.2, 0) is 23.7 Å². The molecule has 5 N–H and O–H groups in total. The summed E-state index contributed by atoms with van der Waals surface area (Å²) in [6.45, 7) is 2.87. The lowest BCUT2D eigenvalue weighted by Gasteiger charge is -2.26. The number of hydrogen-bond donors (Lipinski definition) is 4. The number of aromatic hydroxyl groups is 1. The second-order valence-electron chi connectivity index (χ2n) is 7.98. The number of aliphatic hydroxyl groups excluding tert-OH is 2. The molecule has 2 rings (SSSR count). The monoisotopic (exact) mass is 502 g/mol. The number of nitrogens with zero attached hydrogens (tertiary/aromatic N) is 1. The first kappa shape index (κ1) is 28.3. The number of carbonyl (C=O) groups is 1. The third kappa shape index (κ3) is 8.38. The second kappa shape index (κ2) is 13.8. The molecule has 34 heavy (non-hydrogen) atoms. The standard InChI is InChI=1S/C22H34N2O9S/c1-21(20(28)33-14-22(23,12-25)13-26)15-34-19(24-21)17-4-3-16(11-18(17)27)32-10-9-31-8-7-30-6-5-29-2/h3-4,11,25-27H,5-10,12-15,23H2,1-2H3. The van der Waals surface area contributed by atoms with Crippen LogP contribution in [0.3, 0.4) is 0 Å². The van der Waals surface area contributed by atoms with E-state index in [1.165, 1.54) is 17.8 Å². The van der Waals surface area contributed by atoms with Crippen LogP contribution < -0.4 is 10.5 Å². The van der Waals surface area contributed by atoms with Crippen LogP contribution in [0, 0.1) is 0 Å². The van der Waals surface area contributed by atoms with Gasteiger partial charge in [-0.15, -0.1) is 11.8 Å². The van der Waals surface area contributed by atoms with Crippen LogP contribution in [0.15, 0.2) is 23.2 Å². The Morgan fingerprint density at radius 2 is 1.79 bits per heavy atom. The van der Waals surface area contributed by atoms with Crippen LogP contribution in [0.1, 0.15) is 12.5 Å². The molecule has 192 valence electrons. The van der Waals surface area contributed by atoms with Crippen molar-refractivity contribution in [1.82, 2.24) is 0 Å². The number of nitrogens with two attached hydrogens (primary N) is 1. The van der Waals surface area contributed by atoms with E-state index >= 15 is 0 Å². The Hall–Kier alpha value is -1.93. The number of phenols is 1. The second-order valence-corrected chi connectivity index (χ2v) is 8.94. The molecule has 0 saturated carbocycles. The third-order valence-corrected chi connectivity index (χ3v) is 6.19. The lowest BCUT2D eigenvalue weighted by molar-refractivity contribution is -0.151. The number of thioether (sulfide) groups is 1.